The maximum Gasteiger partial charge on any atom is 0.222 e. The second kappa shape index (κ2) is 11.6. The lowest BCUT2D eigenvalue weighted by molar-refractivity contribution is -0.121. The maximum absolute atomic E-state index is 12.1. The number of amides is 1. The molecule has 1 aromatic carbocycles. The molecule has 2 aromatic rings. The predicted octanol–water partition coefficient (Wildman–Crippen LogP) is 1.47. The van der Waals surface area contributed by atoms with E-state index in [2.05, 4.69) is 26.0 Å². The zero-order valence-corrected chi connectivity index (χ0v) is 21.7. The largest absolute Gasteiger partial charge is 0.356 e. The fraction of sp³-hybridized carbons (Fsp3) is 0.476. The first-order valence-electron chi connectivity index (χ1n) is 10.3. The third-order valence-corrected chi connectivity index (χ3v) is 6.91. The van der Waals surface area contributed by atoms with Crippen molar-refractivity contribution in [1.82, 2.24) is 25.7 Å². The number of hydrogen-bond acceptors (Lipinski definition) is 5. The van der Waals surface area contributed by atoms with Gasteiger partial charge in [0, 0.05) is 38.3 Å². The van der Waals surface area contributed by atoms with Crippen LogP contribution in [0, 0.1) is 13.8 Å². The molecule has 1 fully saturated rings. The van der Waals surface area contributed by atoms with Crippen molar-refractivity contribution in [2.24, 2.45) is 4.99 Å². The summed E-state index contributed by atoms with van der Waals surface area (Å²) in [5, 5.41) is 13.7. The Morgan fingerprint density at radius 2 is 2.00 bits per heavy atom. The summed E-state index contributed by atoms with van der Waals surface area (Å²) in [5.41, 5.74) is 4.10. The third kappa shape index (κ3) is 7.19. The number of sulfone groups is 1. The smallest absolute Gasteiger partial charge is 0.222 e. The average molecular weight is 574 g/mol. The summed E-state index contributed by atoms with van der Waals surface area (Å²) in [7, 11) is -1.33. The van der Waals surface area contributed by atoms with E-state index >= 15 is 0 Å². The van der Waals surface area contributed by atoms with E-state index in [1.54, 1.807) is 7.05 Å². The lowest BCUT2D eigenvalue weighted by Gasteiger charge is -2.15. The second-order valence-electron chi connectivity index (χ2n) is 7.74. The van der Waals surface area contributed by atoms with E-state index in [0.717, 1.165) is 22.6 Å². The summed E-state index contributed by atoms with van der Waals surface area (Å²) in [6, 6.07) is 9.79. The molecule has 1 amide bonds. The third-order valence-electron chi connectivity index (χ3n) is 5.14. The van der Waals surface area contributed by atoms with E-state index < -0.39 is 9.84 Å². The van der Waals surface area contributed by atoms with Gasteiger partial charge < -0.3 is 16.0 Å². The number of para-hydroxylation sites is 1. The van der Waals surface area contributed by atoms with Gasteiger partial charge >= 0.3 is 0 Å². The molecule has 0 spiro atoms. The van der Waals surface area contributed by atoms with Crippen LogP contribution in [-0.2, 0) is 21.2 Å². The number of rotatable bonds is 7. The van der Waals surface area contributed by atoms with Gasteiger partial charge in [-0.15, -0.1) is 24.0 Å². The maximum atomic E-state index is 12.1. The zero-order valence-electron chi connectivity index (χ0n) is 18.6. The van der Waals surface area contributed by atoms with Crippen LogP contribution >= 0.6 is 24.0 Å². The van der Waals surface area contributed by atoms with Crippen LogP contribution in [0.4, 0.5) is 0 Å². The Morgan fingerprint density at radius 1 is 1.25 bits per heavy atom. The van der Waals surface area contributed by atoms with Gasteiger partial charge in [0.2, 0.25) is 5.91 Å². The summed E-state index contributed by atoms with van der Waals surface area (Å²) in [5.74, 6) is 0.593. The van der Waals surface area contributed by atoms with E-state index in [9.17, 15) is 13.2 Å². The highest BCUT2D eigenvalue weighted by Crippen LogP contribution is 2.17. The summed E-state index contributed by atoms with van der Waals surface area (Å²) < 4.78 is 24.9. The zero-order chi connectivity index (χ0) is 22.4. The molecule has 1 aliphatic heterocycles. The fourth-order valence-corrected chi connectivity index (χ4v) is 5.32. The first kappa shape index (κ1) is 26.1. The van der Waals surface area contributed by atoms with Crippen LogP contribution in [0.25, 0.3) is 5.69 Å². The van der Waals surface area contributed by atoms with Crippen LogP contribution in [0.1, 0.15) is 29.8 Å². The minimum Gasteiger partial charge on any atom is -0.356 e. The molecule has 2 heterocycles. The van der Waals surface area contributed by atoms with Crippen LogP contribution in [0.2, 0.25) is 0 Å². The molecule has 1 aliphatic rings. The van der Waals surface area contributed by atoms with Gasteiger partial charge in [-0.1, -0.05) is 18.2 Å². The van der Waals surface area contributed by atoms with Crippen molar-refractivity contribution in [3.05, 3.63) is 47.3 Å². The number of benzene rings is 1. The van der Waals surface area contributed by atoms with Gasteiger partial charge in [0.05, 0.1) is 22.9 Å². The van der Waals surface area contributed by atoms with Crippen molar-refractivity contribution in [2.75, 3.05) is 25.1 Å². The van der Waals surface area contributed by atoms with E-state index in [1.165, 1.54) is 0 Å². The highest BCUT2D eigenvalue weighted by atomic mass is 127. The highest BCUT2D eigenvalue weighted by Gasteiger charge is 2.28. The summed E-state index contributed by atoms with van der Waals surface area (Å²) in [6.45, 7) is 4.93. The lowest BCUT2D eigenvalue weighted by Crippen LogP contribution is -2.41. The Bertz CT molecular complexity index is 1070. The Morgan fingerprint density at radius 3 is 2.62 bits per heavy atom. The molecule has 1 unspecified atom stereocenters. The molecular weight excluding hydrogens is 543 g/mol. The van der Waals surface area contributed by atoms with Gasteiger partial charge in [-0.3, -0.25) is 9.79 Å². The number of carbonyl (C=O) groups is 1. The number of aryl methyl sites for hydroxylation is 2. The Hall–Kier alpha value is -2.15. The second-order valence-corrected chi connectivity index (χ2v) is 9.97. The molecule has 0 aliphatic carbocycles. The number of nitrogens with zero attached hydrogens (tertiary/aromatic N) is 3. The minimum atomic E-state index is -3.00. The number of hydrogen-bond donors (Lipinski definition) is 3. The van der Waals surface area contributed by atoms with Crippen LogP contribution < -0.4 is 16.0 Å². The topological polar surface area (TPSA) is 117 Å². The number of aliphatic imine (C=N–C) groups is 1. The number of halogens is 1. The van der Waals surface area contributed by atoms with E-state index in [4.69, 9.17) is 0 Å². The molecule has 176 valence electrons. The first-order valence-corrected chi connectivity index (χ1v) is 12.2. The highest BCUT2D eigenvalue weighted by molar-refractivity contribution is 14.0. The van der Waals surface area contributed by atoms with Gasteiger partial charge in [0.1, 0.15) is 0 Å². The van der Waals surface area contributed by atoms with Crippen molar-refractivity contribution in [1.29, 1.82) is 0 Å². The van der Waals surface area contributed by atoms with Gasteiger partial charge in [0.25, 0.3) is 0 Å². The molecule has 9 nitrogen and oxygen atoms in total. The van der Waals surface area contributed by atoms with E-state index in [0.29, 0.717) is 25.5 Å². The Balaban J connectivity index is 0.00000363. The molecule has 32 heavy (non-hydrogen) atoms. The van der Waals surface area contributed by atoms with Crippen molar-refractivity contribution in [3.8, 4) is 5.69 Å². The van der Waals surface area contributed by atoms with E-state index in [-0.39, 0.29) is 53.9 Å². The van der Waals surface area contributed by atoms with Gasteiger partial charge in [-0.2, -0.15) is 5.10 Å². The van der Waals surface area contributed by atoms with Crippen molar-refractivity contribution in [3.63, 3.8) is 0 Å². The molecule has 0 radical (unpaired) electrons. The van der Waals surface area contributed by atoms with E-state index in [1.807, 2.05) is 48.9 Å². The van der Waals surface area contributed by atoms with Crippen LogP contribution in [0.3, 0.4) is 0 Å². The quantitative estimate of drug-likeness (QED) is 0.262. The molecule has 3 rings (SSSR count). The van der Waals surface area contributed by atoms with Crippen LogP contribution in [0.5, 0.6) is 0 Å². The standard InChI is InChI=1S/C21H30N6O3S.HI/c1-15-12-16(2)27(26-15)19-7-5-4-6-17(19)13-24-21(22-3)23-10-8-20(28)25-18-9-11-31(29,30)14-18;/h4-7,12,18H,8-11,13-14H2,1-3H3,(H,25,28)(H2,22,23,24);1H. The number of guanidine groups is 1. The molecule has 1 aromatic heterocycles. The monoisotopic (exact) mass is 574 g/mol. The number of nitrogens with one attached hydrogen (secondary N) is 3. The number of carbonyl (C=O) groups excluding carboxylic acids is 1. The normalized spacial score (nSPS) is 17.5. The number of aromatic nitrogens is 2. The van der Waals surface area contributed by atoms with Gasteiger partial charge in [0.15, 0.2) is 15.8 Å². The molecule has 0 bridgehead atoms. The van der Waals surface area contributed by atoms with Gasteiger partial charge in [-0.05, 0) is 38.0 Å². The minimum absolute atomic E-state index is 0. The summed E-state index contributed by atoms with van der Waals surface area (Å²) in [4.78, 5) is 16.3. The van der Waals surface area contributed by atoms with Gasteiger partial charge in [-0.25, -0.2) is 13.1 Å². The average Bonchev–Trinajstić information content (AvgIpc) is 3.24. The SMILES string of the molecule is CN=C(NCCC(=O)NC1CCS(=O)(=O)C1)NCc1ccccc1-n1nc(C)cc1C.I. The fourth-order valence-electron chi connectivity index (χ4n) is 3.64. The first-order chi connectivity index (χ1) is 14.8. The summed E-state index contributed by atoms with van der Waals surface area (Å²) >= 11 is 0. The Kier molecular flexibility index (Phi) is 9.49. The molecule has 1 saturated heterocycles. The lowest BCUT2D eigenvalue weighted by atomic mass is 10.1. The molecule has 0 saturated carbocycles. The summed E-state index contributed by atoms with van der Waals surface area (Å²) in [6.07, 6.45) is 0.721. The van der Waals surface area contributed by atoms with Crippen LogP contribution in [0.15, 0.2) is 35.3 Å². The Labute approximate surface area is 206 Å². The molecule has 11 heteroatoms. The van der Waals surface area contributed by atoms with Crippen molar-refractivity contribution >= 4 is 45.7 Å². The molecule has 3 N–H and O–H groups in total. The van der Waals surface area contributed by atoms with Crippen LogP contribution in [-0.4, -0.2) is 61.2 Å². The predicted molar refractivity (Wildman–Crippen MR) is 136 cm³/mol. The van der Waals surface area contributed by atoms with Crippen molar-refractivity contribution < 1.29 is 13.2 Å². The molecule has 1 atom stereocenters. The van der Waals surface area contributed by atoms with Crippen molar-refractivity contribution in [2.45, 2.75) is 39.3 Å². The molecular formula is C21H31IN6O3S.